The van der Waals surface area contributed by atoms with Gasteiger partial charge in [-0.15, -0.1) is 11.3 Å². The van der Waals surface area contributed by atoms with Crippen LogP contribution in [0, 0.1) is 13.8 Å². The van der Waals surface area contributed by atoms with Crippen LogP contribution < -0.4 is 10.6 Å². The number of thiazole rings is 1. The number of imidazole rings is 1. The number of amides is 2. The molecule has 2 heterocycles. The molecule has 0 aliphatic heterocycles. The summed E-state index contributed by atoms with van der Waals surface area (Å²) < 4.78 is 1.85. The minimum absolute atomic E-state index is 0.0642. The van der Waals surface area contributed by atoms with Crippen LogP contribution in [-0.4, -0.2) is 38.1 Å². The van der Waals surface area contributed by atoms with Crippen molar-refractivity contribution in [2.24, 2.45) is 0 Å². The number of aromatic nitrogens is 3. The van der Waals surface area contributed by atoms with E-state index in [0.717, 1.165) is 21.6 Å². The molecule has 2 amide bonds. The van der Waals surface area contributed by atoms with Gasteiger partial charge in [0.05, 0.1) is 22.5 Å². The standard InChI is InChI=1S/C19H23N5O2S2/c1-11(2)20-16(25)9-24-15-8-6-5-7-14(15)22-19(24)27-10-17(26)23-18-21-12(3)13(4)28-18/h5-8,11H,9-10H2,1-4H3,(H,20,25)(H,21,23,26). The molecule has 0 radical (unpaired) electrons. The van der Waals surface area contributed by atoms with E-state index in [9.17, 15) is 9.59 Å². The molecule has 2 aromatic heterocycles. The van der Waals surface area contributed by atoms with Gasteiger partial charge in [0.25, 0.3) is 0 Å². The van der Waals surface area contributed by atoms with Gasteiger partial charge in [0.2, 0.25) is 11.8 Å². The Morgan fingerprint density at radius 1 is 1.18 bits per heavy atom. The largest absolute Gasteiger partial charge is 0.352 e. The van der Waals surface area contributed by atoms with Gasteiger partial charge < -0.3 is 15.2 Å². The van der Waals surface area contributed by atoms with Crippen LogP contribution >= 0.6 is 23.1 Å². The van der Waals surface area contributed by atoms with Crippen molar-refractivity contribution in [2.75, 3.05) is 11.1 Å². The van der Waals surface area contributed by atoms with Gasteiger partial charge in [0, 0.05) is 10.9 Å². The molecule has 3 rings (SSSR count). The van der Waals surface area contributed by atoms with Gasteiger partial charge >= 0.3 is 0 Å². The highest BCUT2D eigenvalue weighted by molar-refractivity contribution is 7.99. The van der Waals surface area contributed by atoms with Crippen LogP contribution in [0.4, 0.5) is 5.13 Å². The maximum atomic E-state index is 12.3. The Kier molecular flexibility index (Phi) is 6.35. The average molecular weight is 418 g/mol. The second kappa shape index (κ2) is 8.74. The van der Waals surface area contributed by atoms with Gasteiger partial charge in [0.1, 0.15) is 6.54 Å². The molecule has 148 valence electrons. The van der Waals surface area contributed by atoms with Crippen LogP contribution in [0.3, 0.4) is 0 Å². The number of nitrogens with zero attached hydrogens (tertiary/aromatic N) is 3. The zero-order valence-electron chi connectivity index (χ0n) is 16.3. The molecule has 0 atom stereocenters. The number of aryl methyl sites for hydroxylation is 2. The Labute approximate surface area is 171 Å². The van der Waals surface area contributed by atoms with Crippen LogP contribution in [0.5, 0.6) is 0 Å². The normalized spacial score (nSPS) is 11.2. The second-order valence-corrected chi connectivity index (χ2v) is 8.83. The first-order valence-corrected chi connectivity index (χ1v) is 10.7. The van der Waals surface area contributed by atoms with Crippen molar-refractivity contribution in [1.82, 2.24) is 19.9 Å². The molecule has 1 aromatic carbocycles. The predicted octanol–water partition coefficient (Wildman–Crippen LogP) is 3.37. The van der Waals surface area contributed by atoms with E-state index in [2.05, 4.69) is 20.6 Å². The van der Waals surface area contributed by atoms with Gasteiger partial charge in [-0.2, -0.15) is 0 Å². The first kappa shape index (κ1) is 20.3. The van der Waals surface area contributed by atoms with E-state index in [0.29, 0.717) is 10.3 Å². The summed E-state index contributed by atoms with van der Waals surface area (Å²) in [5.74, 6) is -0.0468. The maximum Gasteiger partial charge on any atom is 0.240 e. The molecule has 9 heteroatoms. The summed E-state index contributed by atoms with van der Waals surface area (Å²) in [6, 6.07) is 7.71. The third kappa shape index (κ3) is 4.90. The summed E-state index contributed by atoms with van der Waals surface area (Å²) in [5, 5.41) is 6.96. The van der Waals surface area contributed by atoms with E-state index >= 15 is 0 Å². The van der Waals surface area contributed by atoms with Crippen molar-refractivity contribution in [3.05, 3.63) is 34.8 Å². The van der Waals surface area contributed by atoms with Crippen LogP contribution in [0.25, 0.3) is 11.0 Å². The molecular formula is C19H23N5O2S2. The number of hydrogen-bond donors (Lipinski definition) is 2. The Hall–Kier alpha value is -2.39. The third-order valence-corrected chi connectivity index (χ3v) is 5.94. The Balaban J connectivity index is 1.73. The molecule has 0 aliphatic carbocycles. The van der Waals surface area contributed by atoms with Crippen molar-refractivity contribution in [1.29, 1.82) is 0 Å². The molecule has 0 bridgehead atoms. The number of anilines is 1. The maximum absolute atomic E-state index is 12.3. The van der Waals surface area contributed by atoms with Gasteiger partial charge in [-0.05, 0) is 39.8 Å². The fourth-order valence-electron chi connectivity index (χ4n) is 2.64. The number of fused-ring (bicyclic) bond motifs is 1. The number of carbonyl (C=O) groups excluding carboxylic acids is 2. The molecule has 0 saturated heterocycles. The molecule has 0 aliphatic rings. The molecule has 0 saturated carbocycles. The van der Waals surface area contributed by atoms with E-state index < -0.39 is 0 Å². The number of carbonyl (C=O) groups is 2. The molecule has 0 fully saturated rings. The van der Waals surface area contributed by atoms with E-state index in [1.165, 1.54) is 23.1 Å². The van der Waals surface area contributed by atoms with Crippen LogP contribution in [0.1, 0.15) is 24.4 Å². The van der Waals surface area contributed by atoms with Crippen LogP contribution in [-0.2, 0) is 16.1 Å². The summed E-state index contributed by atoms with van der Waals surface area (Å²) in [7, 11) is 0. The van der Waals surface area contributed by atoms with Crippen molar-refractivity contribution < 1.29 is 9.59 Å². The molecule has 28 heavy (non-hydrogen) atoms. The molecular weight excluding hydrogens is 394 g/mol. The van der Waals surface area contributed by atoms with Crippen LogP contribution in [0.2, 0.25) is 0 Å². The van der Waals surface area contributed by atoms with Gasteiger partial charge in [-0.1, -0.05) is 23.9 Å². The summed E-state index contributed by atoms with van der Waals surface area (Å²) in [5.41, 5.74) is 2.59. The minimum atomic E-state index is -0.149. The lowest BCUT2D eigenvalue weighted by Gasteiger charge is -2.11. The van der Waals surface area contributed by atoms with Gasteiger partial charge in [0.15, 0.2) is 10.3 Å². The number of thioether (sulfide) groups is 1. The quantitative estimate of drug-likeness (QED) is 0.576. The Morgan fingerprint density at radius 3 is 2.61 bits per heavy atom. The monoisotopic (exact) mass is 417 g/mol. The first-order chi connectivity index (χ1) is 13.3. The molecule has 2 N–H and O–H groups in total. The minimum Gasteiger partial charge on any atom is -0.352 e. The molecule has 3 aromatic rings. The van der Waals surface area contributed by atoms with E-state index in [1.54, 1.807) is 0 Å². The van der Waals surface area contributed by atoms with E-state index in [-0.39, 0.29) is 30.2 Å². The lowest BCUT2D eigenvalue weighted by atomic mass is 10.3. The fourth-order valence-corrected chi connectivity index (χ4v) is 4.28. The number of para-hydroxylation sites is 2. The summed E-state index contributed by atoms with van der Waals surface area (Å²) in [4.78, 5) is 34.6. The SMILES string of the molecule is Cc1nc(NC(=O)CSc2nc3ccccc3n2CC(=O)NC(C)C)sc1C. The lowest BCUT2D eigenvalue weighted by molar-refractivity contribution is -0.122. The lowest BCUT2D eigenvalue weighted by Crippen LogP contribution is -2.33. The highest BCUT2D eigenvalue weighted by atomic mass is 32.2. The summed E-state index contributed by atoms with van der Waals surface area (Å²) in [6.45, 7) is 7.90. The van der Waals surface area contributed by atoms with Crippen molar-refractivity contribution in [3.8, 4) is 0 Å². The number of hydrogen-bond acceptors (Lipinski definition) is 6. The van der Waals surface area contributed by atoms with Crippen molar-refractivity contribution >= 4 is 51.1 Å². The topological polar surface area (TPSA) is 88.9 Å². The molecule has 7 nitrogen and oxygen atoms in total. The zero-order chi connectivity index (χ0) is 20.3. The smallest absolute Gasteiger partial charge is 0.240 e. The van der Waals surface area contributed by atoms with Crippen LogP contribution in [0.15, 0.2) is 29.4 Å². The first-order valence-electron chi connectivity index (χ1n) is 8.94. The third-order valence-electron chi connectivity index (χ3n) is 3.98. The van der Waals surface area contributed by atoms with Gasteiger partial charge in [-0.3, -0.25) is 9.59 Å². The zero-order valence-corrected chi connectivity index (χ0v) is 17.9. The molecule has 0 unspecified atom stereocenters. The molecule has 0 spiro atoms. The van der Waals surface area contributed by atoms with Gasteiger partial charge in [-0.25, -0.2) is 9.97 Å². The second-order valence-electron chi connectivity index (χ2n) is 6.69. The van der Waals surface area contributed by atoms with E-state index in [4.69, 9.17) is 0 Å². The highest BCUT2D eigenvalue weighted by Gasteiger charge is 2.16. The number of rotatable bonds is 7. The Morgan fingerprint density at radius 2 is 1.93 bits per heavy atom. The number of nitrogens with one attached hydrogen (secondary N) is 2. The summed E-state index contributed by atoms with van der Waals surface area (Å²) in [6.07, 6.45) is 0. The van der Waals surface area contributed by atoms with Crippen molar-refractivity contribution in [3.63, 3.8) is 0 Å². The summed E-state index contributed by atoms with van der Waals surface area (Å²) >= 11 is 2.77. The average Bonchev–Trinajstić information content (AvgIpc) is 3.12. The fraction of sp³-hybridized carbons (Fsp3) is 0.368. The Bertz CT molecular complexity index is 990. The van der Waals surface area contributed by atoms with E-state index in [1.807, 2.05) is 56.5 Å². The number of benzene rings is 1. The predicted molar refractivity (Wildman–Crippen MR) is 114 cm³/mol. The van der Waals surface area contributed by atoms with Crippen molar-refractivity contribution in [2.45, 2.75) is 45.4 Å². The highest BCUT2D eigenvalue weighted by Crippen LogP contribution is 2.25.